The fraction of sp³-hybridized carbons (Fsp3) is 0.167. The maximum atomic E-state index is 12.8. The predicted molar refractivity (Wildman–Crippen MR) is 98.8 cm³/mol. The normalized spacial score (nSPS) is 11.1. The van der Waals surface area contributed by atoms with Gasteiger partial charge in [0.05, 0.1) is 33.1 Å². The van der Waals surface area contributed by atoms with Crippen molar-refractivity contribution in [2.45, 2.75) is 4.90 Å². The van der Waals surface area contributed by atoms with Crippen molar-refractivity contribution in [1.29, 1.82) is 0 Å². The number of hydrogen-bond acceptors (Lipinski definition) is 7. The minimum absolute atomic E-state index is 0.00182. The van der Waals surface area contributed by atoms with E-state index in [9.17, 15) is 8.42 Å². The zero-order valence-corrected chi connectivity index (χ0v) is 15.7. The minimum Gasteiger partial charge on any atom is -0.497 e. The van der Waals surface area contributed by atoms with Crippen molar-refractivity contribution in [3.63, 3.8) is 0 Å². The first kappa shape index (κ1) is 18.6. The third kappa shape index (κ3) is 3.82. The van der Waals surface area contributed by atoms with Gasteiger partial charge in [-0.05, 0) is 29.8 Å². The highest BCUT2D eigenvalue weighted by Crippen LogP contribution is 2.33. The van der Waals surface area contributed by atoms with E-state index in [1.807, 2.05) is 0 Å². The Hall–Kier alpha value is -3.20. The standard InChI is InChI=1S/C18H18N2O6S/c1-23-13-6-4-12(5-7-13)15-11-19-26-18(15)20-27(21,22)17-9-8-14(24-2)10-16(17)25-3/h4-11,20H,1-3H3. The van der Waals surface area contributed by atoms with Crippen LogP contribution in [0.25, 0.3) is 11.1 Å². The highest BCUT2D eigenvalue weighted by Gasteiger charge is 2.24. The minimum atomic E-state index is -3.98. The SMILES string of the molecule is COc1ccc(-c2cnoc2NS(=O)(=O)c2ccc(OC)cc2OC)cc1. The van der Waals surface area contributed by atoms with Crippen LogP contribution in [0.1, 0.15) is 0 Å². The second-order valence-corrected chi connectivity index (χ2v) is 7.07. The summed E-state index contributed by atoms with van der Waals surface area (Å²) in [6, 6.07) is 11.5. The van der Waals surface area contributed by atoms with Crippen molar-refractivity contribution in [1.82, 2.24) is 5.16 Å². The zero-order valence-electron chi connectivity index (χ0n) is 14.9. The topological polar surface area (TPSA) is 99.9 Å². The number of benzene rings is 2. The Morgan fingerprint density at radius 2 is 1.59 bits per heavy atom. The lowest BCUT2D eigenvalue weighted by atomic mass is 10.1. The average Bonchev–Trinajstić information content (AvgIpc) is 3.14. The Balaban J connectivity index is 1.95. The van der Waals surface area contributed by atoms with Gasteiger partial charge in [-0.3, -0.25) is 0 Å². The number of nitrogens with zero attached hydrogens (tertiary/aromatic N) is 1. The number of methoxy groups -OCH3 is 3. The summed E-state index contributed by atoms with van der Waals surface area (Å²) >= 11 is 0. The molecule has 0 bridgehead atoms. The number of ether oxygens (including phenoxy) is 3. The van der Waals surface area contributed by atoms with Crippen molar-refractivity contribution >= 4 is 15.9 Å². The van der Waals surface area contributed by atoms with E-state index in [-0.39, 0.29) is 16.5 Å². The van der Waals surface area contributed by atoms with E-state index >= 15 is 0 Å². The Morgan fingerprint density at radius 1 is 0.926 bits per heavy atom. The highest BCUT2D eigenvalue weighted by molar-refractivity contribution is 7.92. The largest absolute Gasteiger partial charge is 0.497 e. The lowest BCUT2D eigenvalue weighted by Crippen LogP contribution is -2.14. The van der Waals surface area contributed by atoms with Crippen LogP contribution in [0.15, 0.2) is 58.1 Å². The van der Waals surface area contributed by atoms with Crippen LogP contribution in [0, 0.1) is 0 Å². The molecule has 0 radical (unpaired) electrons. The molecule has 0 aliphatic carbocycles. The van der Waals surface area contributed by atoms with Crippen LogP contribution in [0.3, 0.4) is 0 Å². The first-order valence-electron chi connectivity index (χ1n) is 7.82. The van der Waals surface area contributed by atoms with Crippen LogP contribution >= 0.6 is 0 Å². The average molecular weight is 390 g/mol. The number of nitrogens with one attached hydrogen (secondary N) is 1. The number of aromatic nitrogens is 1. The van der Waals surface area contributed by atoms with E-state index in [0.717, 1.165) is 5.56 Å². The van der Waals surface area contributed by atoms with E-state index in [1.165, 1.54) is 38.6 Å². The first-order valence-corrected chi connectivity index (χ1v) is 9.30. The molecule has 8 nitrogen and oxygen atoms in total. The second-order valence-electron chi connectivity index (χ2n) is 5.42. The molecule has 0 atom stereocenters. The predicted octanol–water partition coefficient (Wildman–Crippen LogP) is 3.17. The van der Waals surface area contributed by atoms with Gasteiger partial charge in [-0.2, -0.15) is 0 Å². The van der Waals surface area contributed by atoms with E-state index < -0.39 is 10.0 Å². The molecule has 2 aromatic carbocycles. The Morgan fingerprint density at radius 3 is 2.22 bits per heavy atom. The molecule has 0 aliphatic heterocycles. The molecule has 3 aromatic rings. The molecule has 0 amide bonds. The van der Waals surface area contributed by atoms with Gasteiger partial charge in [0.15, 0.2) is 0 Å². The summed E-state index contributed by atoms with van der Waals surface area (Å²) in [5.74, 6) is 1.30. The third-order valence-corrected chi connectivity index (χ3v) is 5.23. The molecule has 0 saturated heterocycles. The molecule has 9 heteroatoms. The molecule has 0 aliphatic rings. The van der Waals surface area contributed by atoms with Crippen molar-refractivity contribution < 1.29 is 27.2 Å². The summed E-state index contributed by atoms with van der Waals surface area (Å²) in [5, 5.41) is 3.70. The molecule has 0 unspecified atom stereocenters. The third-order valence-electron chi connectivity index (χ3n) is 3.86. The highest BCUT2D eigenvalue weighted by atomic mass is 32.2. The van der Waals surface area contributed by atoms with Crippen LogP contribution in [0.4, 0.5) is 5.88 Å². The number of rotatable bonds is 7. The molecule has 27 heavy (non-hydrogen) atoms. The van der Waals surface area contributed by atoms with E-state index in [1.54, 1.807) is 31.4 Å². The van der Waals surface area contributed by atoms with Gasteiger partial charge in [-0.15, -0.1) is 0 Å². The molecule has 1 N–H and O–H groups in total. The molecule has 3 rings (SSSR count). The zero-order chi connectivity index (χ0) is 19.4. The van der Waals surface area contributed by atoms with Gasteiger partial charge in [0.25, 0.3) is 10.0 Å². The monoisotopic (exact) mass is 390 g/mol. The van der Waals surface area contributed by atoms with Crippen molar-refractivity contribution in [3.05, 3.63) is 48.7 Å². The van der Waals surface area contributed by atoms with Crippen LogP contribution in [0.5, 0.6) is 17.2 Å². The molecular formula is C18H18N2O6S. The molecule has 1 heterocycles. The summed E-state index contributed by atoms with van der Waals surface area (Å²) in [7, 11) is 0.445. The summed E-state index contributed by atoms with van der Waals surface area (Å²) in [6.07, 6.45) is 1.44. The van der Waals surface area contributed by atoms with E-state index in [2.05, 4.69) is 9.88 Å². The van der Waals surface area contributed by atoms with Crippen molar-refractivity contribution in [2.75, 3.05) is 26.1 Å². The molecule has 1 aromatic heterocycles. The second kappa shape index (κ2) is 7.58. The molecule has 142 valence electrons. The molecular weight excluding hydrogens is 372 g/mol. The molecule has 0 spiro atoms. The number of anilines is 1. The maximum Gasteiger partial charge on any atom is 0.267 e. The first-order chi connectivity index (χ1) is 13.0. The lowest BCUT2D eigenvalue weighted by Gasteiger charge is -2.12. The Kier molecular flexibility index (Phi) is 5.22. The van der Waals surface area contributed by atoms with Gasteiger partial charge >= 0.3 is 0 Å². The van der Waals surface area contributed by atoms with E-state index in [4.69, 9.17) is 18.7 Å². The van der Waals surface area contributed by atoms with Crippen LogP contribution in [-0.4, -0.2) is 34.9 Å². The fourth-order valence-electron chi connectivity index (χ4n) is 2.46. The fourth-order valence-corrected chi connectivity index (χ4v) is 3.62. The smallest absolute Gasteiger partial charge is 0.267 e. The lowest BCUT2D eigenvalue weighted by molar-refractivity contribution is 0.386. The van der Waals surface area contributed by atoms with Gasteiger partial charge in [0, 0.05) is 6.07 Å². The Bertz CT molecular complexity index is 1030. The Labute approximate surface area is 156 Å². The summed E-state index contributed by atoms with van der Waals surface area (Å²) in [4.78, 5) is -0.0529. The summed E-state index contributed by atoms with van der Waals surface area (Å²) in [5.41, 5.74) is 1.21. The van der Waals surface area contributed by atoms with Crippen LogP contribution in [0.2, 0.25) is 0 Å². The van der Waals surface area contributed by atoms with Crippen LogP contribution in [-0.2, 0) is 10.0 Å². The number of hydrogen-bond donors (Lipinski definition) is 1. The van der Waals surface area contributed by atoms with Crippen molar-refractivity contribution in [3.8, 4) is 28.4 Å². The van der Waals surface area contributed by atoms with E-state index in [0.29, 0.717) is 17.1 Å². The van der Waals surface area contributed by atoms with Crippen molar-refractivity contribution in [2.24, 2.45) is 0 Å². The van der Waals surface area contributed by atoms with Gasteiger partial charge in [-0.25, -0.2) is 13.1 Å². The quantitative estimate of drug-likeness (QED) is 0.661. The molecule has 0 fully saturated rings. The molecule has 0 saturated carbocycles. The summed E-state index contributed by atoms with van der Waals surface area (Å²) in [6.45, 7) is 0. The van der Waals surface area contributed by atoms with Gasteiger partial charge in [0.2, 0.25) is 5.88 Å². The van der Waals surface area contributed by atoms with Gasteiger partial charge < -0.3 is 18.7 Å². The summed E-state index contributed by atoms with van der Waals surface area (Å²) < 4.78 is 48.6. The van der Waals surface area contributed by atoms with Gasteiger partial charge in [-0.1, -0.05) is 17.3 Å². The van der Waals surface area contributed by atoms with Crippen LogP contribution < -0.4 is 18.9 Å². The van der Waals surface area contributed by atoms with Gasteiger partial charge in [0.1, 0.15) is 22.1 Å². The maximum absolute atomic E-state index is 12.8. The number of sulfonamides is 1.